The molecule has 1 fully saturated rings. The van der Waals surface area contributed by atoms with Gasteiger partial charge in [-0.25, -0.2) is 0 Å². The fourth-order valence-corrected chi connectivity index (χ4v) is 3.25. The van der Waals surface area contributed by atoms with E-state index in [-0.39, 0.29) is 11.8 Å². The summed E-state index contributed by atoms with van der Waals surface area (Å²) in [6, 6.07) is 7.38. The fourth-order valence-electron chi connectivity index (χ4n) is 3.25. The summed E-state index contributed by atoms with van der Waals surface area (Å²) in [5.74, 6) is -2.15. The number of nitrogens with zero attached hydrogens (tertiary/aromatic N) is 1. The van der Waals surface area contributed by atoms with Gasteiger partial charge in [0, 0.05) is 26.2 Å². The van der Waals surface area contributed by atoms with Crippen LogP contribution in [0.2, 0.25) is 0 Å². The summed E-state index contributed by atoms with van der Waals surface area (Å²) in [7, 11) is 3.45. The third kappa shape index (κ3) is 5.31. The van der Waals surface area contributed by atoms with Crippen molar-refractivity contribution in [3.63, 3.8) is 0 Å². The van der Waals surface area contributed by atoms with E-state index in [1.54, 1.807) is 25.1 Å². The van der Waals surface area contributed by atoms with Gasteiger partial charge in [0.05, 0.1) is 11.8 Å². The molecule has 0 heterocycles. The van der Waals surface area contributed by atoms with Crippen molar-refractivity contribution in [2.24, 2.45) is 11.8 Å². The highest BCUT2D eigenvalue weighted by Gasteiger charge is 2.35. The molecule has 136 valence electrons. The maximum absolute atomic E-state index is 12.5. The lowest BCUT2D eigenvalue weighted by Crippen LogP contribution is -2.36. The van der Waals surface area contributed by atoms with Gasteiger partial charge in [0.2, 0.25) is 11.8 Å². The van der Waals surface area contributed by atoms with Gasteiger partial charge < -0.3 is 15.3 Å². The minimum absolute atomic E-state index is 0.0564. The number of hydrogen-bond donors (Lipinski definition) is 2. The Morgan fingerprint density at radius 1 is 1.16 bits per heavy atom. The van der Waals surface area contributed by atoms with Crippen LogP contribution in [0.5, 0.6) is 0 Å². The van der Waals surface area contributed by atoms with Gasteiger partial charge in [-0.2, -0.15) is 0 Å². The zero-order valence-corrected chi connectivity index (χ0v) is 14.8. The second-order valence-electron chi connectivity index (χ2n) is 6.81. The first kappa shape index (κ1) is 19.0. The van der Waals surface area contributed by atoms with E-state index in [2.05, 4.69) is 5.32 Å². The molecule has 2 N–H and O–H groups in total. The fraction of sp³-hybridized carbons (Fsp3) is 0.526. The SMILES string of the molecule is CN(C)C(=O)CCc1cccc(NC(=O)[C@H]2CCCC[C@@H]2C(=O)O)c1. The lowest BCUT2D eigenvalue weighted by Gasteiger charge is -2.27. The molecule has 6 heteroatoms. The van der Waals surface area contributed by atoms with Crippen molar-refractivity contribution in [2.75, 3.05) is 19.4 Å². The Hall–Kier alpha value is -2.37. The van der Waals surface area contributed by atoms with Gasteiger partial charge in [-0.3, -0.25) is 14.4 Å². The Morgan fingerprint density at radius 3 is 2.48 bits per heavy atom. The third-order valence-electron chi connectivity index (χ3n) is 4.74. The highest BCUT2D eigenvalue weighted by molar-refractivity contribution is 5.95. The number of nitrogens with one attached hydrogen (secondary N) is 1. The molecule has 0 radical (unpaired) electrons. The van der Waals surface area contributed by atoms with Crippen LogP contribution in [0.1, 0.15) is 37.7 Å². The molecule has 0 aliphatic heterocycles. The van der Waals surface area contributed by atoms with Crippen LogP contribution in [0, 0.1) is 11.8 Å². The minimum atomic E-state index is -0.893. The van der Waals surface area contributed by atoms with E-state index in [4.69, 9.17) is 0 Å². The van der Waals surface area contributed by atoms with Crippen molar-refractivity contribution in [3.8, 4) is 0 Å². The smallest absolute Gasteiger partial charge is 0.307 e. The summed E-state index contributed by atoms with van der Waals surface area (Å²) in [6.07, 6.45) is 3.92. The highest BCUT2D eigenvalue weighted by Crippen LogP contribution is 2.31. The van der Waals surface area contributed by atoms with Gasteiger partial charge in [-0.05, 0) is 37.0 Å². The Balaban J connectivity index is 1.99. The average Bonchev–Trinajstić information content (AvgIpc) is 2.59. The maximum atomic E-state index is 12.5. The summed E-state index contributed by atoms with van der Waals surface area (Å²) in [5, 5.41) is 12.2. The van der Waals surface area contributed by atoms with E-state index in [0.717, 1.165) is 18.4 Å². The van der Waals surface area contributed by atoms with E-state index >= 15 is 0 Å². The van der Waals surface area contributed by atoms with Crippen molar-refractivity contribution in [3.05, 3.63) is 29.8 Å². The van der Waals surface area contributed by atoms with Crippen molar-refractivity contribution in [1.29, 1.82) is 0 Å². The first-order valence-corrected chi connectivity index (χ1v) is 8.71. The molecule has 1 aromatic carbocycles. The summed E-state index contributed by atoms with van der Waals surface area (Å²) in [5.41, 5.74) is 1.61. The molecule has 0 aromatic heterocycles. The van der Waals surface area contributed by atoms with Gasteiger partial charge in [0.15, 0.2) is 0 Å². The van der Waals surface area contributed by atoms with Crippen LogP contribution < -0.4 is 5.32 Å². The van der Waals surface area contributed by atoms with Crippen LogP contribution in [0.3, 0.4) is 0 Å². The number of benzene rings is 1. The number of carbonyl (C=O) groups excluding carboxylic acids is 2. The maximum Gasteiger partial charge on any atom is 0.307 e. The van der Waals surface area contributed by atoms with Crippen molar-refractivity contribution >= 4 is 23.5 Å². The Morgan fingerprint density at radius 2 is 1.84 bits per heavy atom. The highest BCUT2D eigenvalue weighted by atomic mass is 16.4. The molecule has 0 spiro atoms. The zero-order chi connectivity index (χ0) is 18.4. The molecule has 1 aliphatic carbocycles. The standard InChI is InChI=1S/C19H26N2O4/c1-21(2)17(22)11-10-13-6-5-7-14(12-13)20-18(23)15-8-3-4-9-16(15)19(24)25/h5-7,12,15-16H,3-4,8-11H2,1-2H3,(H,20,23)(H,24,25)/t15-,16-/m0/s1. The molecule has 0 bridgehead atoms. The van der Waals surface area contributed by atoms with E-state index in [0.29, 0.717) is 31.4 Å². The van der Waals surface area contributed by atoms with Crippen molar-refractivity contribution in [2.45, 2.75) is 38.5 Å². The lowest BCUT2D eigenvalue weighted by atomic mass is 9.78. The summed E-state index contributed by atoms with van der Waals surface area (Å²) in [6.45, 7) is 0. The van der Waals surface area contributed by atoms with Gasteiger partial charge in [-0.1, -0.05) is 25.0 Å². The number of aryl methyl sites for hydroxylation is 1. The minimum Gasteiger partial charge on any atom is -0.481 e. The van der Waals surface area contributed by atoms with Crippen LogP contribution in [-0.2, 0) is 20.8 Å². The molecule has 1 aromatic rings. The van der Waals surface area contributed by atoms with E-state index in [1.807, 2.05) is 18.2 Å². The number of amides is 2. The second-order valence-corrected chi connectivity index (χ2v) is 6.81. The summed E-state index contributed by atoms with van der Waals surface area (Å²) in [4.78, 5) is 37.1. The zero-order valence-electron chi connectivity index (χ0n) is 14.8. The van der Waals surface area contributed by atoms with Crippen LogP contribution >= 0.6 is 0 Å². The number of rotatable bonds is 6. The number of carboxylic acids is 1. The molecule has 0 saturated heterocycles. The number of hydrogen-bond acceptors (Lipinski definition) is 3. The largest absolute Gasteiger partial charge is 0.481 e. The van der Waals surface area contributed by atoms with E-state index in [1.165, 1.54) is 0 Å². The molecule has 2 rings (SSSR count). The second kappa shape index (κ2) is 8.65. The van der Waals surface area contributed by atoms with E-state index in [9.17, 15) is 19.5 Å². The Kier molecular flexibility index (Phi) is 6.56. The van der Waals surface area contributed by atoms with Gasteiger partial charge in [0.25, 0.3) is 0 Å². The number of aliphatic carboxylic acids is 1. The monoisotopic (exact) mass is 346 g/mol. The number of anilines is 1. The molecular formula is C19H26N2O4. The number of carboxylic acid groups (broad SMARTS) is 1. The first-order chi connectivity index (χ1) is 11.9. The molecule has 1 aliphatic rings. The predicted octanol–water partition coefficient (Wildman–Crippen LogP) is 2.54. The Bertz CT molecular complexity index is 642. The summed E-state index contributed by atoms with van der Waals surface area (Å²) < 4.78 is 0. The van der Waals surface area contributed by atoms with E-state index < -0.39 is 17.8 Å². The molecule has 1 saturated carbocycles. The predicted molar refractivity (Wildman–Crippen MR) is 95.2 cm³/mol. The van der Waals surface area contributed by atoms with Gasteiger partial charge in [-0.15, -0.1) is 0 Å². The normalized spacial score (nSPS) is 19.9. The van der Waals surface area contributed by atoms with Crippen LogP contribution in [-0.4, -0.2) is 41.9 Å². The molecular weight excluding hydrogens is 320 g/mol. The molecule has 25 heavy (non-hydrogen) atoms. The molecule has 2 amide bonds. The third-order valence-corrected chi connectivity index (χ3v) is 4.74. The first-order valence-electron chi connectivity index (χ1n) is 8.71. The molecule has 2 atom stereocenters. The Labute approximate surface area is 148 Å². The quantitative estimate of drug-likeness (QED) is 0.829. The van der Waals surface area contributed by atoms with Gasteiger partial charge >= 0.3 is 5.97 Å². The summed E-state index contributed by atoms with van der Waals surface area (Å²) >= 11 is 0. The topological polar surface area (TPSA) is 86.7 Å². The van der Waals surface area contributed by atoms with Crippen molar-refractivity contribution < 1.29 is 19.5 Å². The number of carbonyl (C=O) groups is 3. The average molecular weight is 346 g/mol. The van der Waals surface area contributed by atoms with Crippen LogP contribution in [0.15, 0.2) is 24.3 Å². The molecule has 6 nitrogen and oxygen atoms in total. The molecule has 0 unspecified atom stereocenters. The van der Waals surface area contributed by atoms with Crippen molar-refractivity contribution in [1.82, 2.24) is 4.90 Å². The van der Waals surface area contributed by atoms with Gasteiger partial charge in [0.1, 0.15) is 0 Å². The lowest BCUT2D eigenvalue weighted by molar-refractivity contribution is -0.147. The van der Waals surface area contributed by atoms with Crippen LogP contribution in [0.25, 0.3) is 0 Å². The van der Waals surface area contributed by atoms with Crippen LogP contribution in [0.4, 0.5) is 5.69 Å².